The van der Waals surface area contributed by atoms with Crippen molar-refractivity contribution in [1.29, 1.82) is 5.26 Å². The molecule has 0 heterocycles. The van der Waals surface area contributed by atoms with Crippen LogP contribution in [0.2, 0.25) is 5.02 Å². The Balaban J connectivity index is 2.79. The number of nitrogens with zero attached hydrogens (tertiary/aromatic N) is 1. The van der Waals surface area contributed by atoms with Crippen LogP contribution >= 0.6 is 11.6 Å². The third-order valence-electron chi connectivity index (χ3n) is 2.62. The Morgan fingerprint density at radius 3 is 2.69 bits per heavy atom. The van der Waals surface area contributed by atoms with Crippen molar-refractivity contribution in [2.45, 2.75) is 19.9 Å². The fraction of sp³-hybridized carbons (Fsp3) is 0.417. The molecule has 1 aromatic rings. The normalized spacial score (nSPS) is 13.9. The summed E-state index contributed by atoms with van der Waals surface area (Å²) in [7, 11) is 0. The van der Waals surface area contributed by atoms with E-state index in [2.05, 4.69) is 5.32 Å². The number of benzene rings is 1. The van der Waals surface area contributed by atoms with Gasteiger partial charge in [-0.15, -0.1) is 0 Å². The summed E-state index contributed by atoms with van der Waals surface area (Å²) in [6, 6.07) is 7.27. The number of aliphatic hydroxyl groups is 1. The monoisotopic (exact) mass is 238 g/mol. The zero-order valence-electron chi connectivity index (χ0n) is 9.37. The minimum Gasteiger partial charge on any atom is -0.396 e. The van der Waals surface area contributed by atoms with Gasteiger partial charge in [0.25, 0.3) is 0 Å². The summed E-state index contributed by atoms with van der Waals surface area (Å²) >= 11 is 6.02. The lowest BCUT2D eigenvalue weighted by molar-refractivity contribution is 0.226. The van der Waals surface area contributed by atoms with Gasteiger partial charge in [0, 0.05) is 12.6 Å². The van der Waals surface area contributed by atoms with Gasteiger partial charge in [0.05, 0.1) is 22.3 Å². The third-order valence-corrected chi connectivity index (χ3v) is 2.94. The molecule has 0 aliphatic carbocycles. The Morgan fingerprint density at radius 2 is 2.19 bits per heavy atom. The van der Waals surface area contributed by atoms with E-state index in [4.69, 9.17) is 22.0 Å². The van der Waals surface area contributed by atoms with Crippen LogP contribution < -0.4 is 5.32 Å². The lowest BCUT2D eigenvalue weighted by Crippen LogP contribution is -2.26. The molecule has 0 saturated carbocycles. The molecule has 1 rings (SSSR count). The van der Waals surface area contributed by atoms with Gasteiger partial charge in [0.2, 0.25) is 0 Å². The molecular weight excluding hydrogens is 224 g/mol. The molecule has 0 radical (unpaired) electrons. The largest absolute Gasteiger partial charge is 0.396 e. The molecule has 0 aromatic heterocycles. The van der Waals surface area contributed by atoms with E-state index in [0.29, 0.717) is 10.6 Å². The molecule has 0 amide bonds. The standard InChI is InChI=1S/C12H15ClN2O/c1-8(7-16)9(2)15-12-4-3-10(6-14)5-11(12)13/h3-5,8-9,15-16H,7H2,1-2H3. The lowest BCUT2D eigenvalue weighted by atomic mass is 10.0. The summed E-state index contributed by atoms with van der Waals surface area (Å²) in [6.07, 6.45) is 0. The van der Waals surface area contributed by atoms with Crippen molar-refractivity contribution in [3.05, 3.63) is 28.8 Å². The maximum Gasteiger partial charge on any atom is 0.0992 e. The minimum atomic E-state index is 0.121. The molecule has 0 saturated heterocycles. The summed E-state index contributed by atoms with van der Waals surface area (Å²) in [5.74, 6) is 0.145. The van der Waals surface area contributed by atoms with Gasteiger partial charge in [-0.2, -0.15) is 5.26 Å². The smallest absolute Gasteiger partial charge is 0.0992 e. The van der Waals surface area contributed by atoms with Crippen LogP contribution in [0.3, 0.4) is 0 Å². The Bertz CT molecular complexity index is 400. The first-order valence-corrected chi connectivity index (χ1v) is 5.53. The fourth-order valence-electron chi connectivity index (χ4n) is 1.25. The number of hydrogen-bond donors (Lipinski definition) is 2. The van der Waals surface area contributed by atoms with Gasteiger partial charge < -0.3 is 10.4 Å². The molecule has 0 fully saturated rings. The molecule has 0 aliphatic heterocycles. The first-order valence-electron chi connectivity index (χ1n) is 5.15. The number of nitrogens with one attached hydrogen (secondary N) is 1. The van der Waals surface area contributed by atoms with Crippen molar-refractivity contribution < 1.29 is 5.11 Å². The van der Waals surface area contributed by atoms with E-state index in [1.54, 1.807) is 18.2 Å². The SMILES string of the molecule is CC(CO)C(C)Nc1ccc(C#N)cc1Cl. The van der Waals surface area contributed by atoms with Crippen LogP contribution in [0.5, 0.6) is 0 Å². The van der Waals surface area contributed by atoms with Crippen LogP contribution in [0.25, 0.3) is 0 Å². The molecule has 2 N–H and O–H groups in total. The van der Waals surface area contributed by atoms with Gasteiger partial charge in [-0.1, -0.05) is 18.5 Å². The maximum atomic E-state index is 9.02. The quantitative estimate of drug-likeness (QED) is 0.848. The van der Waals surface area contributed by atoms with Gasteiger partial charge >= 0.3 is 0 Å². The molecule has 4 heteroatoms. The molecule has 2 unspecified atom stereocenters. The molecule has 0 aliphatic rings. The predicted octanol–water partition coefficient (Wildman–Crippen LogP) is 2.64. The Kier molecular flexibility index (Phi) is 4.60. The van der Waals surface area contributed by atoms with Crippen molar-refractivity contribution in [2.75, 3.05) is 11.9 Å². The van der Waals surface area contributed by atoms with E-state index in [0.717, 1.165) is 5.69 Å². The average molecular weight is 239 g/mol. The third kappa shape index (κ3) is 3.13. The number of aliphatic hydroxyl groups excluding tert-OH is 1. The van der Waals surface area contributed by atoms with E-state index in [-0.39, 0.29) is 18.6 Å². The van der Waals surface area contributed by atoms with Gasteiger partial charge in [-0.3, -0.25) is 0 Å². The van der Waals surface area contributed by atoms with E-state index in [1.165, 1.54) is 0 Å². The number of rotatable bonds is 4. The second kappa shape index (κ2) is 5.74. The Morgan fingerprint density at radius 1 is 1.50 bits per heavy atom. The first kappa shape index (κ1) is 12.8. The van der Waals surface area contributed by atoms with Gasteiger partial charge in [0.1, 0.15) is 0 Å². The number of nitriles is 1. The van der Waals surface area contributed by atoms with Crippen LogP contribution in [0.15, 0.2) is 18.2 Å². The number of anilines is 1. The predicted molar refractivity (Wildman–Crippen MR) is 65.5 cm³/mol. The van der Waals surface area contributed by atoms with E-state index in [9.17, 15) is 0 Å². The molecule has 86 valence electrons. The second-order valence-electron chi connectivity index (χ2n) is 3.90. The zero-order valence-corrected chi connectivity index (χ0v) is 10.1. The molecule has 0 spiro atoms. The second-order valence-corrected chi connectivity index (χ2v) is 4.31. The highest BCUT2D eigenvalue weighted by molar-refractivity contribution is 6.33. The topological polar surface area (TPSA) is 56.0 Å². The van der Waals surface area contributed by atoms with Crippen molar-refractivity contribution in [3.8, 4) is 6.07 Å². The zero-order chi connectivity index (χ0) is 12.1. The van der Waals surface area contributed by atoms with Gasteiger partial charge in [-0.05, 0) is 31.0 Å². The molecule has 1 aromatic carbocycles. The van der Waals surface area contributed by atoms with Crippen molar-refractivity contribution in [1.82, 2.24) is 0 Å². The van der Waals surface area contributed by atoms with E-state index < -0.39 is 0 Å². The van der Waals surface area contributed by atoms with Crippen LogP contribution in [0, 0.1) is 17.2 Å². The highest BCUT2D eigenvalue weighted by Crippen LogP contribution is 2.24. The maximum absolute atomic E-state index is 9.02. The van der Waals surface area contributed by atoms with Crippen molar-refractivity contribution in [2.24, 2.45) is 5.92 Å². The first-order chi connectivity index (χ1) is 7.58. The molecule has 0 bridgehead atoms. The van der Waals surface area contributed by atoms with Gasteiger partial charge in [0.15, 0.2) is 0 Å². The summed E-state index contributed by atoms with van der Waals surface area (Å²) < 4.78 is 0. The summed E-state index contributed by atoms with van der Waals surface area (Å²) in [5.41, 5.74) is 1.33. The highest BCUT2D eigenvalue weighted by atomic mass is 35.5. The lowest BCUT2D eigenvalue weighted by Gasteiger charge is -2.21. The van der Waals surface area contributed by atoms with Crippen molar-refractivity contribution >= 4 is 17.3 Å². The van der Waals surface area contributed by atoms with Crippen LogP contribution in [0.4, 0.5) is 5.69 Å². The fourth-order valence-corrected chi connectivity index (χ4v) is 1.48. The molecule has 3 nitrogen and oxygen atoms in total. The summed E-state index contributed by atoms with van der Waals surface area (Å²) in [4.78, 5) is 0. The van der Waals surface area contributed by atoms with Crippen LogP contribution in [-0.2, 0) is 0 Å². The highest BCUT2D eigenvalue weighted by Gasteiger charge is 2.12. The minimum absolute atomic E-state index is 0.121. The van der Waals surface area contributed by atoms with Gasteiger partial charge in [-0.25, -0.2) is 0 Å². The van der Waals surface area contributed by atoms with Crippen LogP contribution in [0.1, 0.15) is 19.4 Å². The Labute approximate surface area is 101 Å². The van der Waals surface area contributed by atoms with E-state index in [1.807, 2.05) is 19.9 Å². The van der Waals surface area contributed by atoms with Crippen LogP contribution in [-0.4, -0.2) is 17.8 Å². The molecule has 2 atom stereocenters. The van der Waals surface area contributed by atoms with E-state index >= 15 is 0 Å². The number of hydrogen-bond acceptors (Lipinski definition) is 3. The molecular formula is C12H15ClN2O. The number of halogens is 1. The Hall–Kier alpha value is -1.24. The summed E-state index contributed by atoms with van der Waals surface area (Å²) in [5, 5.41) is 21.5. The summed E-state index contributed by atoms with van der Waals surface area (Å²) in [6.45, 7) is 4.06. The average Bonchev–Trinajstić information content (AvgIpc) is 2.30. The molecule has 16 heavy (non-hydrogen) atoms. The van der Waals surface area contributed by atoms with Crippen molar-refractivity contribution in [3.63, 3.8) is 0 Å².